The third-order valence-corrected chi connectivity index (χ3v) is 4.40. The first-order chi connectivity index (χ1) is 9.50. The van der Waals surface area contributed by atoms with E-state index in [0.717, 1.165) is 15.6 Å². The summed E-state index contributed by atoms with van der Waals surface area (Å²) in [6, 6.07) is 13.0. The van der Waals surface area contributed by atoms with Crippen molar-refractivity contribution in [2.75, 3.05) is 0 Å². The largest absolute Gasteiger partial charge is 0.333 e. The van der Waals surface area contributed by atoms with Gasteiger partial charge in [-0.3, -0.25) is 4.79 Å². The van der Waals surface area contributed by atoms with Crippen molar-refractivity contribution >= 4 is 21.8 Å². The molecule has 0 radical (unpaired) electrons. The van der Waals surface area contributed by atoms with Crippen molar-refractivity contribution in [1.29, 1.82) is 0 Å². The molecule has 1 atom stereocenters. The molecule has 0 fully saturated rings. The van der Waals surface area contributed by atoms with Crippen LogP contribution in [0.5, 0.6) is 0 Å². The van der Waals surface area contributed by atoms with Gasteiger partial charge in [0.05, 0.1) is 0 Å². The molecule has 1 unspecified atom stereocenters. The molecule has 20 heavy (non-hydrogen) atoms. The predicted molar refractivity (Wildman–Crippen MR) is 84.5 cm³/mol. The van der Waals surface area contributed by atoms with Crippen LogP contribution in [0.3, 0.4) is 0 Å². The number of carbonyl (C=O) groups excluding carboxylic acids is 1. The topological polar surface area (TPSA) is 55.1 Å². The van der Waals surface area contributed by atoms with E-state index >= 15 is 0 Å². The Kier molecular flexibility index (Phi) is 4.57. The number of amides is 1. The molecule has 3 N–H and O–H groups in total. The number of aryl methyl sites for hydroxylation is 1. The monoisotopic (exact) mass is 332 g/mol. The van der Waals surface area contributed by atoms with Crippen molar-refractivity contribution in [2.24, 2.45) is 5.73 Å². The standard InChI is InChI=1S/C16H17BrN2O/c1-10-8-9-13(14(17)11(10)2)15(18)19-16(20)12-6-4-3-5-7-12/h3-9,15H,18H2,1-2H3,(H,19,20). The third kappa shape index (κ3) is 3.08. The van der Waals surface area contributed by atoms with Gasteiger partial charge in [-0.25, -0.2) is 0 Å². The van der Waals surface area contributed by atoms with Gasteiger partial charge in [-0.05, 0) is 37.1 Å². The zero-order valence-corrected chi connectivity index (χ0v) is 13.1. The zero-order chi connectivity index (χ0) is 14.7. The summed E-state index contributed by atoms with van der Waals surface area (Å²) in [4.78, 5) is 12.1. The molecule has 0 bridgehead atoms. The lowest BCUT2D eigenvalue weighted by atomic mass is 10.0. The van der Waals surface area contributed by atoms with Crippen molar-refractivity contribution < 1.29 is 4.79 Å². The average Bonchev–Trinajstić information content (AvgIpc) is 2.45. The summed E-state index contributed by atoms with van der Waals surface area (Å²) >= 11 is 3.55. The van der Waals surface area contributed by atoms with Crippen molar-refractivity contribution in [3.05, 3.63) is 69.2 Å². The van der Waals surface area contributed by atoms with Gasteiger partial charge in [0.25, 0.3) is 5.91 Å². The Morgan fingerprint density at radius 2 is 1.80 bits per heavy atom. The van der Waals surface area contributed by atoms with E-state index in [1.165, 1.54) is 5.56 Å². The molecule has 4 heteroatoms. The summed E-state index contributed by atoms with van der Waals surface area (Å²) in [6.07, 6.45) is -0.545. The fourth-order valence-electron chi connectivity index (χ4n) is 1.93. The van der Waals surface area contributed by atoms with E-state index in [9.17, 15) is 4.79 Å². The van der Waals surface area contributed by atoms with Gasteiger partial charge in [0.1, 0.15) is 6.17 Å². The highest BCUT2D eigenvalue weighted by molar-refractivity contribution is 9.10. The normalized spacial score (nSPS) is 12.0. The molecule has 0 saturated carbocycles. The highest BCUT2D eigenvalue weighted by Crippen LogP contribution is 2.27. The quantitative estimate of drug-likeness (QED) is 0.846. The number of nitrogens with one attached hydrogen (secondary N) is 1. The van der Waals surface area contributed by atoms with Gasteiger partial charge in [0.15, 0.2) is 0 Å². The van der Waals surface area contributed by atoms with Gasteiger partial charge >= 0.3 is 0 Å². The second-order valence-electron chi connectivity index (χ2n) is 4.73. The Hall–Kier alpha value is -1.65. The van der Waals surface area contributed by atoms with Gasteiger partial charge in [0, 0.05) is 15.6 Å². The summed E-state index contributed by atoms with van der Waals surface area (Å²) < 4.78 is 0.943. The first-order valence-electron chi connectivity index (χ1n) is 6.38. The van der Waals surface area contributed by atoms with E-state index in [4.69, 9.17) is 5.73 Å². The van der Waals surface area contributed by atoms with E-state index in [1.54, 1.807) is 12.1 Å². The molecule has 2 rings (SSSR count). The summed E-state index contributed by atoms with van der Waals surface area (Å²) in [7, 11) is 0. The fraction of sp³-hybridized carbons (Fsp3) is 0.188. The molecule has 2 aromatic carbocycles. The minimum absolute atomic E-state index is 0.178. The Morgan fingerprint density at radius 3 is 2.45 bits per heavy atom. The molecule has 0 aliphatic rings. The lowest BCUT2D eigenvalue weighted by Gasteiger charge is -2.18. The van der Waals surface area contributed by atoms with Crippen LogP contribution in [0.4, 0.5) is 0 Å². The minimum atomic E-state index is -0.545. The number of hydrogen-bond donors (Lipinski definition) is 2. The van der Waals surface area contributed by atoms with Gasteiger partial charge in [-0.1, -0.05) is 46.3 Å². The Balaban J connectivity index is 2.19. The molecular formula is C16H17BrN2O. The van der Waals surface area contributed by atoms with Crippen LogP contribution in [0.1, 0.15) is 33.2 Å². The summed E-state index contributed by atoms with van der Waals surface area (Å²) in [6.45, 7) is 4.06. The number of halogens is 1. The SMILES string of the molecule is Cc1ccc(C(N)NC(=O)c2ccccc2)c(Br)c1C. The van der Waals surface area contributed by atoms with Crippen LogP contribution in [0.25, 0.3) is 0 Å². The van der Waals surface area contributed by atoms with Crippen molar-refractivity contribution in [1.82, 2.24) is 5.32 Å². The number of hydrogen-bond acceptors (Lipinski definition) is 2. The maximum absolute atomic E-state index is 12.1. The maximum Gasteiger partial charge on any atom is 0.252 e. The molecular weight excluding hydrogens is 316 g/mol. The van der Waals surface area contributed by atoms with Gasteiger partial charge < -0.3 is 11.1 Å². The molecule has 3 nitrogen and oxygen atoms in total. The smallest absolute Gasteiger partial charge is 0.252 e. The summed E-state index contributed by atoms with van der Waals surface area (Å²) in [5.74, 6) is -0.178. The maximum atomic E-state index is 12.1. The van der Waals surface area contributed by atoms with Crippen LogP contribution in [0.2, 0.25) is 0 Å². The van der Waals surface area contributed by atoms with Crippen LogP contribution in [-0.2, 0) is 0 Å². The zero-order valence-electron chi connectivity index (χ0n) is 11.5. The molecule has 0 aliphatic carbocycles. The lowest BCUT2D eigenvalue weighted by Crippen LogP contribution is -2.34. The van der Waals surface area contributed by atoms with Gasteiger partial charge in [-0.15, -0.1) is 0 Å². The average molecular weight is 333 g/mol. The van der Waals surface area contributed by atoms with E-state index in [2.05, 4.69) is 21.2 Å². The third-order valence-electron chi connectivity index (χ3n) is 3.34. The predicted octanol–water partition coefficient (Wildman–Crippen LogP) is 3.45. The highest BCUT2D eigenvalue weighted by atomic mass is 79.9. The molecule has 0 spiro atoms. The van der Waals surface area contributed by atoms with Crippen molar-refractivity contribution in [2.45, 2.75) is 20.0 Å². The lowest BCUT2D eigenvalue weighted by molar-refractivity contribution is 0.0937. The van der Waals surface area contributed by atoms with Crippen LogP contribution in [0, 0.1) is 13.8 Å². The van der Waals surface area contributed by atoms with E-state index in [-0.39, 0.29) is 5.91 Å². The van der Waals surface area contributed by atoms with Crippen molar-refractivity contribution in [3.63, 3.8) is 0 Å². The number of carbonyl (C=O) groups is 1. The summed E-state index contributed by atoms with van der Waals surface area (Å²) in [5, 5.41) is 2.81. The van der Waals surface area contributed by atoms with Crippen LogP contribution in [0.15, 0.2) is 46.9 Å². The highest BCUT2D eigenvalue weighted by Gasteiger charge is 2.15. The first-order valence-corrected chi connectivity index (χ1v) is 7.17. The van der Waals surface area contributed by atoms with Gasteiger partial charge in [-0.2, -0.15) is 0 Å². The number of benzene rings is 2. The second kappa shape index (κ2) is 6.20. The fourth-order valence-corrected chi connectivity index (χ4v) is 2.63. The molecule has 104 valence electrons. The van der Waals surface area contributed by atoms with Crippen LogP contribution < -0.4 is 11.1 Å². The van der Waals surface area contributed by atoms with E-state index in [0.29, 0.717) is 5.56 Å². The van der Waals surface area contributed by atoms with Crippen molar-refractivity contribution in [3.8, 4) is 0 Å². The Bertz CT molecular complexity index is 626. The molecule has 1 amide bonds. The van der Waals surface area contributed by atoms with Gasteiger partial charge in [0.2, 0.25) is 0 Å². The Labute approximate surface area is 127 Å². The molecule has 2 aromatic rings. The molecule has 0 aromatic heterocycles. The number of rotatable bonds is 3. The minimum Gasteiger partial charge on any atom is -0.333 e. The molecule has 0 heterocycles. The second-order valence-corrected chi connectivity index (χ2v) is 5.52. The summed E-state index contributed by atoms with van der Waals surface area (Å²) in [5.41, 5.74) is 9.88. The first kappa shape index (κ1) is 14.8. The van der Waals surface area contributed by atoms with Crippen LogP contribution in [-0.4, -0.2) is 5.91 Å². The number of nitrogens with two attached hydrogens (primary N) is 1. The molecule has 0 aliphatic heterocycles. The Morgan fingerprint density at radius 1 is 1.15 bits per heavy atom. The van der Waals surface area contributed by atoms with Crippen LogP contribution >= 0.6 is 15.9 Å². The van der Waals surface area contributed by atoms with E-state index in [1.807, 2.05) is 44.2 Å². The molecule has 0 saturated heterocycles. The van der Waals surface area contributed by atoms with E-state index < -0.39 is 6.17 Å².